The minimum absolute atomic E-state index is 0.197. The molecule has 0 atom stereocenters. The van der Waals surface area contributed by atoms with Crippen LogP contribution in [-0.2, 0) is 0 Å². The van der Waals surface area contributed by atoms with Gasteiger partial charge in [-0.05, 0) is 12.1 Å². The molecule has 1 aromatic carbocycles. The van der Waals surface area contributed by atoms with Crippen LogP contribution < -0.4 is 10.3 Å². The lowest BCUT2D eigenvalue weighted by atomic mass is 10.2. The molecule has 0 saturated heterocycles. The second kappa shape index (κ2) is 2.90. The van der Waals surface area contributed by atoms with E-state index in [-0.39, 0.29) is 5.56 Å². The number of aromatic nitrogens is 2. The number of methoxy groups -OCH3 is 1. The molecule has 1 aromatic heterocycles. The second-order valence-electron chi connectivity index (χ2n) is 2.66. The molecular weight excluding hydrogens is 168 g/mol. The number of hydrogen-bond acceptors (Lipinski definition) is 3. The highest BCUT2D eigenvalue weighted by Crippen LogP contribution is 2.16. The monoisotopic (exact) mass is 176 g/mol. The molecule has 0 aliphatic rings. The first kappa shape index (κ1) is 7.79. The maximum absolute atomic E-state index is 10.9. The van der Waals surface area contributed by atoms with Gasteiger partial charge in [-0.2, -0.15) is 5.10 Å². The lowest BCUT2D eigenvalue weighted by molar-refractivity contribution is 0.415. The fourth-order valence-corrected chi connectivity index (χ4v) is 1.16. The van der Waals surface area contributed by atoms with Crippen molar-refractivity contribution in [1.29, 1.82) is 0 Å². The molecule has 0 amide bonds. The quantitative estimate of drug-likeness (QED) is 0.703. The molecule has 13 heavy (non-hydrogen) atoms. The Morgan fingerprint density at radius 1 is 1.38 bits per heavy atom. The van der Waals surface area contributed by atoms with E-state index in [1.165, 1.54) is 6.07 Å². The number of nitrogens with zero attached hydrogens (tertiary/aromatic N) is 1. The lowest BCUT2D eigenvalue weighted by Crippen LogP contribution is -2.05. The molecule has 1 N–H and O–H groups in total. The van der Waals surface area contributed by atoms with Gasteiger partial charge in [-0.15, -0.1) is 0 Å². The Kier molecular flexibility index (Phi) is 1.73. The smallest absolute Gasteiger partial charge is 0.264 e. The van der Waals surface area contributed by atoms with Gasteiger partial charge in [-0.1, -0.05) is 0 Å². The highest BCUT2D eigenvalue weighted by atomic mass is 16.5. The van der Waals surface area contributed by atoms with Crippen molar-refractivity contribution in [3.63, 3.8) is 0 Å². The third kappa shape index (κ3) is 1.38. The van der Waals surface area contributed by atoms with Crippen LogP contribution in [0, 0.1) is 0 Å². The lowest BCUT2D eigenvalue weighted by Gasteiger charge is -1.99. The summed E-state index contributed by atoms with van der Waals surface area (Å²) in [4.78, 5) is 10.9. The van der Waals surface area contributed by atoms with Gasteiger partial charge in [-0.25, -0.2) is 5.10 Å². The summed E-state index contributed by atoms with van der Waals surface area (Å²) in [6, 6.07) is 6.87. The van der Waals surface area contributed by atoms with E-state index in [0.29, 0.717) is 0 Å². The number of benzene rings is 1. The van der Waals surface area contributed by atoms with Gasteiger partial charge in [0.05, 0.1) is 12.6 Å². The van der Waals surface area contributed by atoms with Crippen molar-refractivity contribution in [3.8, 4) is 5.75 Å². The number of rotatable bonds is 1. The van der Waals surface area contributed by atoms with E-state index < -0.39 is 0 Å². The van der Waals surface area contributed by atoms with Crippen LogP contribution in [0.3, 0.4) is 0 Å². The number of ether oxygens (including phenoxy) is 1. The molecule has 1 heterocycles. The summed E-state index contributed by atoms with van der Waals surface area (Å²) in [6.07, 6.45) is 0. The van der Waals surface area contributed by atoms with Crippen molar-refractivity contribution in [1.82, 2.24) is 10.2 Å². The fourth-order valence-electron chi connectivity index (χ4n) is 1.16. The molecular formula is C9H8N2O2. The normalized spacial score (nSPS) is 10.2. The molecule has 2 aromatic rings. The molecule has 2 rings (SSSR count). The summed E-state index contributed by atoms with van der Waals surface area (Å²) >= 11 is 0. The molecule has 0 saturated carbocycles. The van der Waals surface area contributed by atoms with Crippen LogP contribution in [0.5, 0.6) is 5.75 Å². The van der Waals surface area contributed by atoms with E-state index in [1.807, 2.05) is 0 Å². The van der Waals surface area contributed by atoms with Gasteiger partial charge in [0.25, 0.3) is 5.56 Å². The van der Waals surface area contributed by atoms with E-state index in [1.54, 1.807) is 25.3 Å². The van der Waals surface area contributed by atoms with E-state index in [0.717, 1.165) is 16.7 Å². The van der Waals surface area contributed by atoms with Crippen molar-refractivity contribution in [2.45, 2.75) is 0 Å². The zero-order valence-corrected chi connectivity index (χ0v) is 7.07. The van der Waals surface area contributed by atoms with Gasteiger partial charge in [0.15, 0.2) is 0 Å². The molecule has 0 aliphatic carbocycles. The van der Waals surface area contributed by atoms with Crippen LogP contribution in [0.25, 0.3) is 10.9 Å². The van der Waals surface area contributed by atoms with Crippen LogP contribution in [0.4, 0.5) is 0 Å². The Bertz CT molecular complexity index is 490. The Morgan fingerprint density at radius 2 is 2.23 bits per heavy atom. The van der Waals surface area contributed by atoms with Crippen LogP contribution in [-0.4, -0.2) is 17.3 Å². The van der Waals surface area contributed by atoms with Crippen LogP contribution in [0.2, 0.25) is 0 Å². The van der Waals surface area contributed by atoms with Crippen LogP contribution >= 0.6 is 0 Å². The van der Waals surface area contributed by atoms with Crippen LogP contribution in [0.15, 0.2) is 29.1 Å². The molecule has 0 spiro atoms. The van der Waals surface area contributed by atoms with Gasteiger partial charge < -0.3 is 4.74 Å². The standard InChI is InChI=1S/C9H8N2O2/c1-13-7-3-2-6-4-9(12)11-10-8(6)5-7/h2-5H,1H3,(H,11,12). The number of H-pyrrole nitrogens is 1. The van der Waals surface area contributed by atoms with E-state index in [2.05, 4.69) is 10.2 Å². The molecule has 0 radical (unpaired) electrons. The highest BCUT2D eigenvalue weighted by Gasteiger charge is 1.97. The molecule has 0 aliphatic heterocycles. The fraction of sp³-hybridized carbons (Fsp3) is 0.111. The molecule has 4 heteroatoms. The van der Waals surface area contributed by atoms with Crippen molar-refractivity contribution in [3.05, 3.63) is 34.6 Å². The Labute approximate surface area is 74.2 Å². The van der Waals surface area contributed by atoms with Gasteiger partial charge in [0.1, 0.15) is 5.75 Å². The van der Waals surface area contributed by atoms with Gasteiger partial charge in [-0.3, -0.25) is 4.79 Å². The topological polar surface area (TPSA) is 55.0 Å². The SMILES string of the molecule is COc1ccc2cc(=O)[nH]nc2c1. The number of nitrogens with one attached hydrogen (secondary N) is 1. The predicted octanol–water partition coefficient (Wildman–Crippen LogP) is 0.932. The molecule has 0 fully saturated rings. The first-order chi connectivity index (χ1) is 6.29. The zero-order valence-electron chi connectivity index (χ0n) is 7.07. The zero-order chi connectivity index (χ0) is 9.26. The minimum atomic E-state index is -0.197. The molecule has 4 nitrogen and oxygen atoms in total. The second-order valence-corrected chi connectivity index (χ2v) is 2.66. The van der Waals surface area contributed by atoms with Crippen LogP contribution in [0.1, 0.15) is 0 Å². The average Bonchev–Trinajstić information content (AvgIpc) is 2.17. The Balaban J connectivity index is 2.73. The highest BCUT2D eigenvalue weighted by molar-refractivity contribution is 5.78. The minimum Gasteiger partial charge on any atom is -0.497 e. The van der Waals surface area contributed by atoms with Crippen molar-refractivity contribution in [2.24, 2.45) is 0 Å². The third-order valence-corrected chi connectivity index (χ3v) is 1.81. The predicted molar refractivity (Wildman–Crippen MR) is 48.9 cm³/mol. The van der Waals surface area contributed by atoms with Gasteiger partial charge in [0.2, 0.25) is 0 Å². The summed E-state index contributed by atoms with van der Waals surface area (Å²) in [5, 5.41) is 7.05. The number of hydrogen-bond donors (Lipinski definition) is 1. The first-order valence-electron chi connectivity index (χ1n) is 3.83. The maximum Gasteiger partial charge on any atom is 0.264 e. The van der Waals surface area contributed by atoms with E-state index in [9.17, 15) is 4.79 Å². The Hall–Kier alpha value is -1.84. The summed E-state index contributed by atoms with van der Waals surface area (Å²) in [5.41, 5.74) is 0.525. The average molecular weight is 176 g/mol. The molecule has 0 unspecified atom stereocenters. The molecule has 0 bridgehead atoms. The number of aromatic amines is 1. The summed E-state index contributed by atoms with van der Waals surface area (Å²) in [5.74, 6) is 0.729. The number of fused-ring (bicyclic) bond motifs is 1. The third-order valence-electron chi connectivity index (χ3n) is 1.81. The van der Waals surface area contributed by atoms with Gasteiger partial charge in [0, 0.05) is 17.5 Å². The summed E-state index contributed by atoms with van der Waals surface area (Å²) < 4.78 is 5.02. The maximum atomic E-state index is 10.9. The van der Waals surface area contributed by atoms with Crippen molar-refractivity contribution in [2.75, 3.05) is 7.11 Å². The Morgan fingerprint density at radius 3 is 3.00 bits per heavy atom. The van der Waals surface area contributed by atoms with Crippen molar-refractivity contribution >= 4 is 10.9 Å². The van der Waals surface area contributed by atoms with Crippen molar-refractivity contribution < 1.29 is 4.74 Å². The largest absolute Gasteiger partial charge is 0.497 e. The first-order valence-corrected chi connectivity index (χ1v) is 3.83. The summed E-state index contributed by atoms with van der Waals surface area (Å²) in [6.45, 7) is 0. The summed E-state index contributed by atoms with van der Waals surface area (Å²) in [7, 11) is 1.59. The van der Waals surface area contributed by atoms with E-state index in [4.69, 9.17) is 4.74 Å². The molecule has 66 valence electrons. The van der Waals surface area contributed by atoms with E-state index >= 15 is 0 Å². The van der Waals surface area contributed by atoms with Gasteiger partial charge >= 0.3 is 0 Å².